The second kappa shape index (κ2) is 17.4. The van der Waals surface area contributed by atoms with Crippen LogP contribution in [0.3, 0.4) is 0 Å². The van der Waals surface area contributed by atoms with Gasteiger partial charge in [-0.3, -0.25) is 21.3 Å². The van der Waals surface area contributed by atoms with E-state index in [-0.39, 0.29) is 12.3 Å². The standard InChI is InChI=1S/C55H67N5/c1-5-17-39(18-6-1)51-56-52(40-19-7-2-8-20-40)58-53(57-51)41-33-29-37(30-34-41)49-47-27-15-13-25-45(47)46-26-14-16-28-48(46)50(49)38-31-35-43(36-32-38)55-59-54(42-21-9-3-10-22-42)60(55)44-23-11-4-12-24-44/h1,3-5,9-11,13,15,19,21,23,25,27,29-30,33,35,38-39,41-42,51-59H,2,6-8,12,14,16-18,20,22,24,26,28,31-32,34,36H2. The monoisotopic (exact) mass is 798 g/mol. The van der Waals surface area contributed by atoms with Crippen molar-refractivity contribution < 1.29 is 0 Å². The van der Waals surface area contributed by atoms with Crippen LogP contribution in [0.2, 0.25) is 0 Å². The van der Waals surface area contributed by atoms with Crippen LogP contribution in [-0.2, 0) is 12.8 Å². The zero-order valence-electron chi connectivity index (χ0n) is 35.8. The third-order valence-corrected chi connectivity index (χ3v) is 15.8. The third kappa shape index (κ3) is 7.52. The minimum Gasteiger partial charge on any atom is -0.339 e. The molecule has 9 aliphatic rings. The second-order valence-electron chi connectivity index (χ2n) is 19.4. The number of allylic oxidation sites excluding steroid dienone is 14. The minimum atomic E-state index is 0.246. The molecule has 5 heteroatoms. The zero-order chi connectivity index (χ0) is 39.8. The largest absolute Gasteiger partial charge is 0.339 e. The summed E-state index contributed by atoms with van der Waals surface area (Å²) in [6, 6.07) is 9.46. The number of hydrogen-bond acceptors (Lipinski definition) is 5. The highest BCUT2D eigenvalue weighted by Gasteiger charge is 2.45. The molecule has 5 nitrogen and oxygen atoms in total. The molecule has 0 spiro atoms. The Labute approximate surface area is 359 Å². The molecule has 0 amide bonds. The Kier molecular flexibility index (Phi) is 11.3. The van der Waals surface area contributed by atoms with E-state index in [0.29, 0.717) is 42.2 Å². The van der Waals surface area contributed by atoms with Gasteiger partial charge in [0.05, 0.1) is 24.7 Å². The molecule has 9 atom stereocenters. The Morgan fingerprint density at radius 1 is 0.583 bits per heavy atom. The molecular weight excluding hydrogens is 731 g/mol. The van der Waals surface area contributed by atoms with E-state index in [4.69, 9.17) is 0 Å². The van der Waals surface area contributed by atoms with E-state index in [2.05, 4.69) is 135 Å². The Morgan fingerprint density at radius 3 is 2.25 bits per heavy atom. The quantitative estimate of drug-likeness (QED) is 0.201. The summed E-state index contributed by atoms with van der Waals surface area (Å²) < 4.78 is 0. The van der Waals surface area contributed by atoms with Gasteiger partial charge in [0, 0.05) is 17.5 Å². The van der Waals surface area contributed by atoms with Crippen molar-refractivity contribution in [3.8, 4) is 0 Å². The molecule has 60 heavy (non-hydrogen) atoms. The fraction of sp³-hybridized carbons (Fsp3) is 0.491. The maximum absolute atomic E-state index is 4.13. The summed E-state index contributed by atoms with van der Waals surface area (Å²) in [5.74, 6) is 2.11. The number of fused-ring (bicyclic) bond motifs is 3. The van der Waals surface area contributed by atoms with Crippen LogP contribution in [0.15, 0.2) is 126 Å². The molecule has 0 bridgehead atoms. The maximum Gasteiger partial charge on any atom is 0.104 e. The van der Waals surface area contributed by atoms with Crippen molar-refractivity contribution in [1.29, 1.82) is 0 Å². The first-order valence-electron chi connectivity index (χ1n) is 24.3. The van der Waals surface area contributed by atoms with Gasteiger partial charge >= 0.3 is 0 Å². The molecule has 4 N–H and O–H groups in total. The van der Waals surface area contributed by atoms with Gasteiger partial charge < -0.3 is 4.90 Å². The highest BCUT2D eigenvalue weighted by Crippen LogP contribution is 2.48. The molecule has 2 fully saturated rings. The van der Waals surface area contributed by atoms with Gasteiger partial charge in [-0.2, -0.15) is 0 Å². The molecule has 2 heterocycles. The molecule has 11 rings (SSSR count). The van der Waals surface area contributed by atoms with Crippen LogP contribution < -0.4 is 21.3 Å². The Balaban J connectivity index is 0.889. The number of benzene rings is 2. The van der Waals surface area contributed by atoms with Crippen LogP contribution in [0.5, 0.6) is 0 Å². The maximum atomic E-state index is 4.13. The number of hydrogen-bond donors (Lipinski definition) is 4. The average molecular weight is 798 g/mol. The highest BCUT2D eigenvalue weighted by molar-refractivity contribution is 6.01. The molecule has 2 saturated heterocycles. The Bertz CT molecular complexity index is 2230. The van der Waals surface area contributed by atoms with Gasteiger partial charge in [0.15, 0.2) is 0 Å². The summed E-state index contributed by atoms with van der Waals surface area (Å²) in [5, 5.41) is 19.4. The molecule has 9 unspecified atom stereocenters. The van der Waals surface area contributed by atoms with E-state index in [1.807, 2.05) is 0 Å². The first-order chi connectivity index (χ1) is 29.8. The predicted molar refractivity (Wildman–Crippen MR) is 250 cm³/mol. The van der Waals surface area contributed by atoms with Gasteiger partial charge in [0.1, 0.15) is 6.17 Å². The van der Waals surface area contributed by atoms with Crippen LogP contribution in [0.4, 0.5) is 0 Å². The van der Waals surface area contributed by atoms with Crippen LogP contribution in [0.25, 0.3) is 16.3 Å². The number of aryl methyl sites for hydroxylation is 1. The molecule has 2 aromatic carbocycles. The summed E-state index contributed by atoms with van der Waals surface area (Å²) in [4.78, 5) is 2.76. The van der Waals surface area contributed by atoms with Crippen LogP contribution in [0.1, 0.15) is 131 Å². The van der Waals surface area contributed by atoms with Gasteiger partial charge in [-0.05, 0) is 183 Å². The lowest BCUT2D eigenvalue weighted by molar-refractivity contribution is -0.00342. The lowest BCUT2D eigenvalue weighted by Crippen LogP contribution is -2.71. The lowest BCUT2D eigenvalue weighted by atomic mass is 9.71. The number of nitrogens with one attached hydrogen (secondary N) is 4. The first kappa shape index (κ1) is 38.9. The van der Waals surface area contributed by atoms with Gasteiger partial charge in [0.2, 0.25) is 0 Å². The minimum absolute atomic E-state index is 0.246. The fourth-order valence-corrected chi connectivity index (χ4v) is 12.6. The zero-order valence-corrected chi connectivity index (χ0v) is 35.8. The van der Waals surface area contributed by atoms with Gasteiger partial charge in [0.25, 0.3) is 0 Å². The molecule has 0 saturated carbocycles. The number of nitrogens with zero attached hydrogens (tertiary/aromatic N) is 1. The summed E-state index contributed by atoms with van der Waals surface area (Å²) >= 11 is 0. The molecule has 2 aromatic rings. The smallest absolute Gasteiger partial charge is 0.104 e. The summed E-state index contributed by atoms with van der Waals surface area (Å²) in [6.45, 7) is 0. The molecule has 2 aliphatic heterocycles. The van der Waals surface area contributed by atoms with E-state index in [1.54, 1.807) is 33.4 Å². The van der Waals surface area contributed by atoms with Gasteiger partial charge in [-0.1, -0.05) is 103 Å². The molecule has 0 radical (unpaired) electrons. The van der Waals surface area contributed by atoms with E-state index >= 15 is 0 Å². The molecule has 0 aromatic heterocycles. The predicted octanol–water partition coefficient (Wildman–Crippen LogP) is 11.4. The number of rotatable bonds is 8. The second-order valence-corrected chi connectivity index (χ2v) is 19.4. The summed E-state index contributed by atoms with van der Waals surface area (Å²) in [5.41, 5.74) is 12.7. The third-order valence-electron chi connectivity index (χ3n) is 15.8. The summed E-state index contributed by atoms with van der Waals surface area (Å²) in [7, 11) is 0. The molecule has 312 valence electrons. The topological polar surface area (TPSA) is 51.4 Å². The van der Waals surface area contributed by atoms with E-state index in [9.17, 15) is 0 Å². The van der Waals surface area contributed by atoms with Crippen molar-refractivity contribution in [2.75, 3.05) is 0 Å². The average Bonchev–Trinajstić information content (AvgIpc) is 3.32. The molecule has 7 aliphatic carbocycles. The summed E-state index contributed by atoms with van der Waals surface area (Å²) in [6.07, 6.45) is 57.2. The van der Waals surface area contributed by atoms with E-state index in [0.717, 1.165) is 38.5 Å². The van der Waals surface area contributed by atoms with Crippen molar-refractivity contribution in [1.82, 2.24) is 26.2 Å². The highest BCUT2D eigenvalue weighted by atomic mass is 15.5. The Morgan fingerprint density at radius 2 is 1.48 bits per heavy atom. The van der Waals surface area contributed by atoms with Crippen molar-refractivity contribution in [2.45, 2.75) is 152 Å². The SMILES string of the molecule is C1=CCCC(N2C(C3=CCC(c4c5c(c6ccccc6c4C4=CCC(C6NC(C7=CCCCC7)NC(C7CC=CCC7)N6)C=C4)CCCC5)CC3)NC2C2C=CC=CC2)=C1. The van der Waals surface area contributed by atoms with Crippen LogP contribution in [0, 0.1) is 17.8 Å². The van der Waals surface area contributed by atoms with E-state index in [1.165, 1.54) is 99.1 Å². The van der Waals surface area contributed by atoms with Crippen molar-refractivity contribution in [3.05, 3.63) is 148 Å². The first-order valence-corrected chi connectivity index (χ1v) is 24.3. The van der Waals surface area contributed by atoms with E-state index < -0.39 is 0 Å². The van der Waals surface area contributed by atoms with Crippen molar-refractivity contribution in [2.24, 2.45) is 17.8 Å². The van der Waals surface area contributed by atoms with Gasteiger partial charge in [-0.25, -0.2) is 0 Å². The lowest BCUT2D eigenvalue weighted by Gasteiger charge is -2.56. The molecular formula is C55H67N5. The van der Waals surface area contributed by atoms with Crippen LogP contribution >= 0.6 is 0 Å². The Hall–Kier alpha value is -4.00. The van der Waals surface area contributed by atoms with Crippen molar-refractivity contribution >= 4 is 16.3 Å². The fourth-order valence-electron chi connectivity index (χ4n) is 12.6. The normalized spacial score (nSPS) is 34.1. The van der Waals surface area contributed by atoms with Crippen LogP contribution in [-0.4, -0.2) is 35.7 Å². The van der Waals surface area contributed by atoms with Crippen molar-refractivity contribution in [3.63, 3.8) is 0 Å². The van der Waals surface area contributed by atoms with Gasteiger partial charge in [-0.15, -0.1) is 0 Å².